The third kappa shape index (κ3) is 2.05. The number of nitrogens with one attached hydrogen (secondary N) is 1. The number of carbonyl (C=O) groups excluding carboxylic acids is 2. The summed E-state index contributed by atoms with van der Waals surface area (Å²) in [6.07, 6.45) is 2.88. The lowest BCUT2D eigenvalue weighted by molar-refractivity contribution is -0.118. The van der Waals surface area contributed by atoms with E-state index >= 15 is 0 Å². The number of hydrogen-bond donors (Lipinski definition) is 2. The molecule has 0 saturated heterocycles. The molecule has 3 N–H and O–H groups in total. The number of anilines is 1. The van der Waals surface area contributed by atoms with Crippen molar-refractivity contribution < 1.29 is 9.59 Å². The molecule has 1 aromatic rings. The number of nitrogens with zero attached hydrogens (tertiary/aromatic N) is 1. The van der Waals surface area contributed by atoms with Crippen molar-refractivity contribution in [3.8, 4) is 0 Å². The van der Waals surface area contributed by atoms with E-state index < -0.39 is 5.54 Å². The SMILES string of the molecule is CC(=O)c1cnc(NC(=O)C2(N)CC2)s1. The quantitative estimate of drug-likeness (QED) is 0.744. The highest BCUT2D eigenvalue weighted by atomic mass is 32.1. The highest BCUT2D eigenvalue weighted by Gasteiger charge is 2.46. The molecule has 0 aromatic carbocycles. The normalized spacial score (nSPS) is 17.2. The fraction of sp³-hybridized carbons (Fsp3) is 0.444. The molecule has 1 aromatic heterocycles. The number of ketones is 1. The number of hydrogen-bond acceptors (Lipinski definition) is 5. The van der Waals surface area contributed by atoms with E-state index in [9.17, 15) is 9.59 Å². The van der Waals surface area contributed by atoms with Crippen LogP contribution >= 0.6 is 11.3 Å². The smallest absolute Gasteiger partial charge is 0.246 e. The van der Waals surface area contributed by atoms with Crippen LogP contribution in [0.4, 0.5) is 5.13 Å². The van der Waals surface area contributed by atoms with Crippen molar-refractivity contribution in [1.82, 2.24) is 4.98 Å². The van der Waals surface area contributed by atoms with Gasteiger partial charge in [0.25, 0.3) is 0 Å². The highest BCUT2D eigenvalue weighted by molar-refractivity contribution is 7.17. The average molecular weight is 225 g/mol. The third-order valence-electron chi connectivity index (χ3n) is 2.31. The van der Waals surface area contributed by atoms with Gasteiger partial charge in [-0.3, -0.25) is 9.59 Å². The monoisotopic (exact) mass is 225 g/mol. The molecule has 1 aliphatic rings. The van der Waals surface area contributed by atoms with Crippen LogP contribution in [-0.4, -0.2) is 22.2 Å². The van der Waals surface area contributed by atoms with Gasteiger partial charge < -0.3 is 11.1 Å². The number of thiazole rings is 1. The third-order valence-corrected chi connectivity index (χ3v) is 3.33. The van der Waals surface area contributed by atoms with Gasteiger partial charge in [0.05, 0.1) is 16.6 Å². The Morgan fingerprint density at radius 2 is 2.27 bits per heavy atom. The summed E-state index contributed by atoms with van der Waals surface area (Å²) in [7, 11) is 0. The zero-order valence-electron chi connectivity index (χ0n) is 8.24. The summed E-state index contributed by atoms with van der Waals surface area (Å²) in [5, 5.41) is 3.04. The Morgan fingerprint density at radius 3 is 2.73 bits per heavy atom. The molecule has 1 fully saturated rings. The maximum Gasteiger partial charge on any atom is 0.246 e. The van der Waals surface area contributed by atoms with E-state index in [-0.39, 0.29) is 11.7 Å². The predicted octanol–water partition coefficient (Wildman–Crippen LogP) is 0.775. The zero-order valence-corrected chi connectivity index (χ0v) is 9.06. The number of amides is 1. The molecule has 0 radical (unpaired) electrons. The van der Waals surface area contributed by atoms with Crippen molar-refractivity contribution in [3.63, 3.8) is 0 Å². The molecule has 2 rings (SSSR count). The summed E-state index contributed by atoms with van der Waals surface area (Å²) in [6, 6.07) is 0. The Balaban J connectivity index is 2.05. The molecule has 15 heavy (non-hydrogen) atoms. The fourth-order valence-corrected chi connectivity index (χ4v) is 1.78. The van der Waals surface area contributed by atoms with Crippen LogP contribution < -0.4 is 11.1 Å². The van der Waals surface area contributed by atoms with E-state index in [1.165, 1.54) is 24.5 Å². The van der Waals surface area contributed by atoms with Gasteiger partial charge in [-0.15, -0.1) is 0 Å². The van der Waals surface area contributed by atoms with E-state index in [0.29, 0.717) is 22.9 Å². The second-order valence-corrected chi connectivity index (χ2v) is 4.73. The van der Waals surface area contributed by atoms with E-state index in [2.05, 4.69) is 10.3 Å². The van der Waals surface area contributed by atoms with Gasteiger partial charge in [-0.25, -0.2) is 4.98 Å². The van der Waals surface area contributed by atoms with E-state index in [1.807, 2.05) is 0 Å². The molecule has 5 nitrogen and oxygen atoms in total. The Hall–Kier alpha value is -1.27. The van der Waals surface area contributed by atoms with Gasteiger partial charge in [0.1, 0.15) is 0 Å². The van der Waals surface area contributed by atoms with Gasteiger partial charge in [-0.2, -0.15) is 0 Å². The number of Topliss-reactive ketones (excluding diaryl/α,β-unsaturated/α-hetero) is 1. The second kappa shape index (κ2) is 3.39. The topological polar surface area (TPSA) is 85.1 Å². The summed E-state index contributed by atoms with van der Waals surface area (Å²) in [5.74, 6) is -0.270. The van der Waals surface area contributed by atoms with Crippen molar-refractivity contribution in [2.45, 2.75) is 25.3 Å². The van der Waals surface area contributed by atoms with Crippen LogP contribution in [0.2, 0.25) is 0 Å². The van der Waals surface area contributed by atoms with E-state index in [1.54, 1.807) is 0 Å². The molecule has 0 aliphatic heterocycles. The minimum absolute atomic E-state index is 0.0538. The number of rotatable bonds is 3. The molecule has 0 bridgehead atoms. The number of aromatic nitrogens is 1. The molecular weight excluding hydrogens is 214 g/mol. The largest absolute Gasteiger partial charge is 0.317 e. The Labute approximate surface area is 90.7 Å². The van der Waals surface area contributed by atoms with Gasteiger partial charge in [0.15, 0.2) is 10.9 Å². The van der Waals surface area contributed by atoms with Gasteiger partial charge >= 0.3 is 0 Å². The van der Waals surface area contributed by atoms with Crippen molar-refractivity contribution in [2.75, 3.05) is 5.32 Å². The molecule has 80 valence electrons. The molecule has 1 saturated carbocycles. The standard InChI is InChI=1S/C9H11N3O2S/c1-5(13)6-4-11-8(15-6)12-7(14)9(10)2-3-9/h4H,2-3,10H2,1H3,(H,11,12,14). The van der Waals surface area contributed by atoms with Gasteiger partial charge in [-0.1, -0.05) is 11.3 Å². The van der Waals surface area contributed by atoms with E-state index in [0.717, 1.165) is 0 Å². The Kier molecular flexibility index (Phi) is 2.32. The fourth-order valence-electron chi connectivity index (χ4n) is 1.08. The predicted molar refractivity (Wildman–Crippen MR) is 56.9 cm³/mol. The molecule has 6 heteroatoms. The lowest BCUT2D eigenvalue weighted by Gasteiger charge is -2.06. The summed E-state index contributed by atoms with van der Waals surface area (Å²) in [4.78, 5) is 27.0. The molecule has 1 aliphatic carbocycles. The van der Waals surface area contributed by atoms with Crippen LogP contribution in [0.1, 0.15) is 29.4 Å². The van der Waals surface area contributed by atoms with Crippen molar-refractivity contribution in [2.24, 2.45) is 5.73 Å². The second-order valence-electron chi connectivity index (χ2n) is 3.70. The zero-order chi connectivity index (χ0) is 11.1. The lowest BCUT2D eigenvalue weighted by atomic mass is 10.3. The lowest BCUT2D eigenvalue weighted by Crippen LogP contribution is -2.37. The number of nitrogens with two attached hydrogens (primary N) is 1. The molecule has 0 spiro atoms. The van der Waals surface area contributed by atoms with Crippen molar-refractivity contribution in [1.29, 1.82) is 0 Å². The summed E-state index contributed by atoms with van der Waals surface area (Å²) < 4.78 is 0. The van der Waals surface area contributed by atoms with Gasteiger partial charge in [0, 0.05) is 6.92 Å². The first-order chi connectivity index (χ1) is 7.01. The molecule has 1 amide bonds. The average Bonchev–Trinajstić information content (AvgIpc) is 2.76. The van der Waals surface area contributed by atoms with Crippen LogP contribution in [0.5, 0.6) is 0 Å². The van der Waals surface area contributed by atoms with E-state index in [4.69, 9.17) is 5.73 Å². The summed E-state index contributed by atoms with van der Waals surface area (Å²) >= 11 is 1.17. The van der Waals surface area contributed by atoms with Crippen LogP contribution in [0.15, 0.2) is 6.20 Å². The highest BCUT2D eigenvalue weighted by Crippen LogP contribution is 2.33. The van der Waals surface area contributed by atoms with Crippen molar-refractivity contribution in [3.05, 3.63) is 11.1 Å². The first-order valence-corrected chi connectivity index (χ1v) is 5.40. The molecule has 0 unspecified atom stereocenters. The molecule has 0 atom stereocenters. The minimum atomic E-state index is -0.706. The molecule has 1 heterocycles. The van der Waals surface area contributed by atoms with Crippen LogP contribution in [0.3, 0.4) is 0 Å². The van der Waals surface area contributed by atoms with Gasteiger partial charge in [0.2, 0.25) is 5.91 Å². The first kappa shape index (κ1) is 10.3. The van der Waals surface area contributed by atoms with Crippen LogP contribution in [-0.2, 0) is 4.79 Å². The maximum absolute atomic E-state index is 11.5. The molecular formula is C9H11N3O2S. The van der Waals surface area contributed by atoms with Crippen LogP contribution in [0, 0.1) is 0 Å². The van der Waals surface area contributed by atoms with Gasteiger partial charge in [-0.05, 0) is 12.8 Å². The Morgan fingerprint density at radius 1 is 1.60 bits per heavy atom. The summed E-state index contributed by atoms with van der Waals surface area (Å²) in [6.45, 7) is 1.46. The minimum Gasteiger partial charge on any atom is -0.317 e. The van der Waals surface area contributed by atoms with Crippen LogP contribution in [0.25, 0.3) is 0 Å². The Bertz CT molecular complexity index is 423. The van der Waals surface area contributed by atoms with Crippen molar-refractivity contribution >= 4 is 28.2 Å². The number of carbonyl (C=O) groups is 2. The first-order valence-electron chi connectivity index (χ1n) is 4.58. The maximum atomic E-state index is 11.5. The summed E-state index contributed by atoms with van der Waals surface area (Å²) in [5.41, 5.74) is 5.00.